The average Bonchev–Trinajstić information content (AvgIpc) is 3.25. The Morgan fingerprint density at radius 1 is 1.38 bits per heavy atom. The molecule has 0 saturated heterocycles. The summed E-state index contributed by atoms with van der Waals surface area (Å²) >= 11 is 0. The molecule has 0 saturated carbocycles. The molecule has 26 heavy (non-hydrogen) atoms. The summed E-state index contributed by atoms with van der Waals surface area (Å²) in [6, 6.07) is 0. The van der Waals surface area contributed by atoms with Crippen molar-refractivity contribution in [3.05, 3.63) is 24.8 Å². The number of hydrogen-bond donors (Lipinski definition) is 2. The van der Waals surface area contributed by atoms with Crippen molar-refractivity contribution in [2.75, 3.05) is 5.73 Å². The normalized spacial score (nSPS) is 21.7. The van der Waals surface area contributed by atoms with Gasteiger partial charge in [-0.1, -0.05) is 13.0 Å². The molecule has 2 aromatic heterocycles. The van der Waals surface area contributed by atoms with E-state index >= 15 is 0 Å². The van der Waals surface area contributed by atoms with Gasteiger partial charge in [-0.15, -0.1) is 0 Å². The van der Waals surface area contributed by atoms with E-state index in [2.05, 4.69) is 15.0 Å². The van der Waals surface area contributed by atoms with Crippen molar-refractivity contribution in [2.24, 2.45) is 0 Å². The first-order valence-corrected chi connectivity index (χ1v) is 8.08. The summed E-state index contributed by atoms with van der Waals surface area (Å²) in [7, 11) is 0. The minimum absolute atomic E-state index is 0.245. The summed E-state index contributed by atoms with van der Waals surface area (Å²) in [4.78, 5) is 35.6. The van der Waals surface area contributed by atoms with Crippen molar-refractivity contribution >= 4 is 28.7 Å². The Balaban J connectivity index is 1.74. The molecule has 0 aliphatic carbocycles. The van der Waals surface area contributed by atoms with Crippen LogP contribution < -0.4 is 5.73 Å². The lowest BCUT2D eigenvalue weighted by Gasteiger charge is -2.22. The zero-order valence-electron chi connectivity index (χ0n) is 14.3. The van der Waals surface area contributed by atoms with E-state index in [1.54, 1.807) is 23.6 Å². The highest BCUT2D eigenvalue weighted by Gasteiger charge is 2.36. The molecule has 3 N–H and O–H groups in total. The predicted molar refractivity (Wildman–Crippen MR) is 89.6 cm³/mol. The molecule has 10 heteroatoms. The van der Waals surface area contributed by atoms with Crippen molar-refractivity contribution in [3.8, 4) is 0 Å². The maximum atomic E-state index is 12.3. The van der Waals surface area contributed by atoms with Crippen molar-refractivity contribution < 1.29 is 24.2 Å². The second-order valence-corrected chi connectivity index (χ2v) is 5.81. The molecular formula is C16H19N5O5. The van der Waals surface area contributed by atoms with E-state index in [4.69, 9.17) is 15.2 Å². The van der Waals surface area contributed by atoms with Gasteiger partial charge in [0.2, 0.25) is 5.78 Å². The highest BCUT2D eigenvalue weighted by atomic mass is 16.6. The molecule has 3 heterocycles. The number of aliphatic hydroxyl groups excluding tert-OH is 1. The van der Waals surface area contributed by atoms with Gasteiger partial charge >= 0.3 is 5.97 Å². The molecule has 2 unspecified atom stereocenters. The maximum Gasteiger partial charge on any atom is 0.303 e. The van der Waals surface area contributed by atoms with Gasteiger partial charge in [0.25, 0.3) is 0 Å². The van der Waals surface area contributed by atoms with Gasteiger partial charge in [0.1, 0.15) is 24.1 Å². The van der Waals surface area contributed by atoms with Gasteiger partial charge in [-0.05, 0) is 12.5 Å². The van der Waals surface area contributed by atoms with Crippen LogP contribution in [0.15, 0.2) is 24.8 Å². The van der Waals surface area contributed by atoms with Crippen molar-refractivity contribution in [3.63, 3.8) is 0 Å². The first-order chi connectivity index (χ1) is 12.4. The Hall–Kier alpha value is -2.85. The monoisotopic (exact) mass is 361 g/mol. The Morgan fingerprint density at radius 3 is 2.85 bits per heavy atom. The van der Waals surface area contributed by atoms with Crippen LogP contribution in [0.1, 0.15) is 26.5 Å². The first kappa shape index (κ1) is 18.0. The summed E-state index contributed by atoms with van der Waals surface area (Å²) in [5.41, 5.74) is 6.67. The summed E-state index contributed by atoms with van der Waals surface area (Å²) in [5, 5.41) is 10.3. The molecule has 0 bridgehead atoms. The van der Waals surface area contributed by atoms with Gasteiger partial charge in [-0.3, -0.25) is 14.2 Å². The molecular weight excluding hydrogens is 342 g/mol. The number of carbonyl (C=O) groups excluding carboxylic acids is 2. The summed E-state index contributed by atoms with van der Waals surface area (Å²) in [6.45, 7) is 2.90. The Labute approximate surface area is 148 Å². The van der Waals surface area contributed by atoms with E-state index in [1.165, 1.54) is 19.6 Å². The number of esters is 1. The molecule has 0 amide bonds. The second kappa shape index (κ2) is 7.18. The fourth-order valence-electron chi connectivity index (χ4n) is 2.75. The molecule has 0 radical (unpaired) electrons. The van der Waals surface area contributed by atoms with Crippen LogP contribution in [0.2, 0.25) is 0 Å². The standard InChI is InChI=1S/C16H19N5O5/c1-3-9(25-8(2)22)13(23)14(24)10-4-5-11(26-10)21-7-20-12-15(17)18-6-19-16(12)21/h4-7,9-11,14,24H,3H2,1-2H3,(H2,17,18,19)/t9?,10-,11+,14?/m0/s1. The van der Waals surface area contributed by atoms with E-state index in [1.807, 2.05) is 0 Å². The minimum atomic E-state index is -1.46. The van der Waals surface area contributed by atoms with E-state index in [9.17, 15) is 14.7 Å². The number of ether oxygens (including phenoxy) is 2. The van der Waals surface area contributed by atoms with E-state index in [0.29, 0.717) is 11.2 Å². The fraction of sp³-hybridized carbons (Fsp3) is 0.438. The number of rotatable bonds is 6. The number of Topliss-reactive ketones (excluding diaryl/α,β-unsaturated/α-hetero) is 1. The number of aromatic nitrogens is 4. The summed E-state index contributed by atoms with van der Waals surface area (Å²) in [5.74, 6) is -0.949. The van der Waals surface area contributed by atoms with Crippen LogP contribution in [0, 0.1) is 0 Å². The van der Waals surface area contributed by atoms with Gasteiger partial charge in [-0.25, -0.2) is 15.0 Å². The molecule has 3 rings (SSSR count). The SMILES string of the molecule is CCC(OC(C)=O)C(=O)C(O)[C@@H]1C=C[C@H](n2cnc3c(N)ncnc32)O1. The molecule has 0 spiro atoms. The van der Waals surface area contributed by atoms with Crippen LogP contribution in [0.25, 0.3) is 11.2 Å². The lowest BCUT2D eigenvalue weighted by Crippen LogP contribution is -2.41. The molecule has 1 aliphatic heterocycles. The van der Waals surface area contributed by atoms with Gasteiger partial charge in [0, 0.05) is 6.92 Å². The lowest BCUT2D eigenvalue weighted by atomic mass is 10.0. The van der Waals surface area contributed by atoms with Crippen molar-refractivity contribution in [1.82, 2.24) is 19.5 Å². The number of carbonyl (C=O) groups is 2. The minimum Gasteiger partial charge on any atom is -0.454 e. The quantitative estimate of drug-likeness (QED) is 0.542. The van der Waals surface area contributed by atoms with E-state index in [-0.39, 0.29) is 12.2 Å². The zero-order valence-corrected chi connectivity index (χ0v) is 14.3. The fourth-order valence-corrected chi connectivity index (χ4v) is 2.75. The number of anilines is 1. The van der Waals surface area contributed by atoms with E-state index < -0.39 is 36.3 Å². The number of imidazole rings is 1. The number of aliphatic hydroxyl groups is 1. The lowest BCUT2D eigenvalue weighted by molar-refractivity contribution is -0.159. The van der Waals surface area contributed by atoms with Gasteiger partial charge in [0.15, 0.2) is 23.8 Å². The Kier molecular flexibility index (Phi) is 4.96. The predicted octanol–water partition coefficient (Wildman–Crippen LogP) is 0.134. The van der Waals surface area contributed by atoms with Crippen LogP contribution in [-0.4, -0.2) is 54.7 Å². The topological polar surface area (TPSA) is 142 Å². The average molecular weight is 361 g/mol. The molecule has 1 aliphatic rings. The molecule has 0 aromatic carbocycles. The second-order valence-electron chi connectivity index (χ2n) is 5.81. The van der Waals surface area contributed by atoms with Gasteiger partial charge in [0.05, 0.1) is 6.33 Å². The molecule has 138 valence electrons. The third-order valence-electron chi connectivity index (χ3n) is 4.02. The van der Waals surface area contributed by atoms with Crippen LogP contribution >= 0.6 is 0 Å². The van der Waals surface area contributed by atoms with Crippen LogP contribution in [-0.2, 0) is 19.1 Å². The maximum absolute atomic E-state index is 12.3. The first-order valence-electron chi connectivity index (χ1n) is 8.08. The van der Waals surface area contributed by atoms with Crippen LogP contribution in [0.4, 0.5) is 5.82 Å². The van der Waals surface area contributed by atoms with Crippen LogP contribution in [0.5, 0.6) is 0 Å². The Morgan fingerprint density at radius 2 is 2.15 bits per heavy atom. The molecule has 4 atom stereocenters. The number of nitrogens with two attached hydrogens (primary N) is 1. The largest absolute Gasteiger partial charge is 0.454 e. The molecule has 10 nitrogen and oxygen atoms in total. The van der Waals surface area contributed by atoms with E-state index in [0.717, 1.165) is 0 Å². The zero-order chi connectivity index (χ0) is 18.8. The number of nitrogen functional groups attached to an aromatic ring is 1. The highest BCUT2D eigenvalue weighted by molar-refractivity contribution is 5.89. The van der Waals surface area contributed by atoms with Crippen LogP contribution in [0.3, 0.4) is 0 Å². The van der Waals surface area contributed by atoms with Gasteiger partial charge < -0.3 is 20.3 Å². The summed E-state index contributed by atoms with van der Waals surface area (Å²) in [6.07, 6.45) is 2.35. The number of ketones is 1. The molecule has 0 fully saturated rings. The van der Waals surface area contributed by atoms with Crippen molar-refractivity contribution in [2.45, 2.75) is 44.8 Å². The highest BCUT2D eigenvalue weighted by Crippen LogP contribution is 2.27. The third-order valence-corrected chi connectivity index (χ3v) is 4.02. The number of fused-ring (bicyclic) bond motifs is 1. The third kappa shape index (κ3) is 3.28. The smallest absolute Gasteiger partial charge is 0.303 e. The van der Waals surface area contributed by atoms with Crippen molar-refractivity contribution in [1.29, 1.82) is 0 Å². The molecule has 2 aromatic rings. The van der Waals surface area contributed by atoms with Gasteiger partial charge in [-0.2, -0.15) is 0 Å². The Bertz CT molecular complexity index is 864. The number of nitrogens with zero attached hydrogens (tertiary/aromatic N) is 4. The summed E-state index contributed by atoms with van der Waals surface area (Å²) < 4.78 is 12.3. The number of hydrogen-bond acceptors (Lipinski definition) is 9.